The number of ether oxygens (including phenoxy) is 1. The van der Waals surface area contributed by atoms with Crippen molar-refractivity contribution >= 4 is 39.1 Å². The minimum atomic E-state index is -0.465. The molecule has 1 atom stereocenters. The predicted molar refractivity (Wildman–Crippen MR) is 116 cm³/mol. The molecule has 8 nitrogen and oxygen atoms in total. The summed E-state index contributed by atoms with van der Waals surface area (Å²) in [6, 6.07) is 6.92. The summed E-state index contributed by atoms with van der Waals surface area (Å²) in [7, 11) is 1.58. The number of benzene rings is 1. The van der Waals surface area contributed by atoms with E-state index in [4.69, 9.17) is 4.74 Å². The number of aromatic amines is 1. The van der Waals surface area contributed by atoms with Gasteiger partial charge in [-0.15, -0.1) is 11.3 Å². The molecule has 1 aliphatic carbocycles. The highest BCUT2D eigenvalue weighted by molar-refractivity contribution is 9.11. The number of aromatic nitrogens is 3. The van der Waals surface area contributed by atoms with E-state index in [1.165, 1.54) is 11.3 Å². The van der Waals surface area contributed by atoms with Gasteiger partial charge in [0.2, 0.25) is 0 Å². The quantitative estimate of drug-likeness (QED) is 0.449. The molecule has 0 radical (unpaired) electrons. The van der Waals surface area contributed by atoms with E-state index >= 15 is 0 Å². The number of nitrogens with one attached hydrogen (secondary N) is 3. The average molecular weight is 490 g/mol. The number of nitrogens with zero attached hydrogens (tertiary/aromatic N) is 2. The second-order valence-corrected chi connectivity index (χ2v) is 9.10. The van der Waals surface area contributed by atoms with Crippen LogP contribution >= 0.6 is 27.3 Å². The average Bonchev–Trinajstić information content (AvgIpc) is 3.31. The first-order valence-electron chi connectivity index (χ1n) is 9.42. The first-order chi connectivity index (χ1) is 14.5. The largest absolute Gasteiger partial charge is 0.497 e. The molecule has 1 fully saturated rings. The molecule has 0 saturated heterocycles. The Hall–Kier alpha value is -2.72. The van der Waals surface area contributed by atoms with E-state index in [-0.39, 0.29) is 18.4 Å². The Bertz CT molecular complexity index is 1060. The molecule has 0 bridgehead atoms. The van der Waals surface area contributed by atoms with Crippen LogP contribution in [-0.4, -0.2) is 40.7 Å². The molecule has 1 saturated carbocycles. The third-order valence-corrected chi connectivity index (χ3v) is 6.24. The Kier molecular flexibility index (Phi) is 6.14. The van der Waals surface area contributed by atoms with Crippen LogP contribution in [0.5, 0.6) is 5.75 Å². The molecule has 0 spiro atoms. The molecule has 2 heterocycles. The number of halogens is 1. The van der Waals surface area contributed by atoms with E-state index in [1.54, 1.807) is 18.7 Å². The number of hydrogen-bond acceptors (Lipinski definition) is 6. The Morgan fingerprint density at radius 1 is 1.37 bits per heavy atom. The van der Waals surface area contributed by atoms with Crippen LogP contribution in [0.15, 0.2) is 39.8 Å². The van der Waals surface area contributed by atoms with Gasteiger partial charge < -0.3 is 15.4 Å². The van der Waals surface area contributed by atoms with Crippen molar-refractivity contribution < 1.29 is 14.3 Å². The molecule has 10 heteroatoms. The lowest BCUT2D eigenvalue weighted by molar-refractivity contribution is 0.0905. The van der Waals surface area contributed by atoms with Crippen molar-refractivity contribution in [3.63, 3.8) is 0 Å². The maximum absolute atomic E-state index is 12.8. The van der Waals surface area contributed by atoms with Gasteiger partial charge in [-0.05, 0) is 46.5 Å². The van der Waals surface area contributed by atoms with Gasteiger partial charge in [-0.1, -0.05) is 12.1 Å². The standard InChI is InChI=1S/C20H20BrN5O3S/c1-29-13-4-2-3-12(7-13)15(24-19(28)16-10-30-20(21)25-16)9-22-18(27)14-8-23-26-17(14)11-5-6-11/h2-4,7-8,10-11,15H,5-6,9H2,1H3,(H,22,27)(H,23,26)(H,24,28). The van der Waals surface area contributed by atoms with Crippen LogP contribution < -0.4 is 15.4 Å². The summed E-state index contributed by atoms with van der Waals surface area (Å²) in [5, 5.41) is 14.5. The summed E-state index contributed by atoms with van der Waals surface area (Å²) in [5.41, 5.74) is 2.56. The second-order valence-electron chi connectivity index (χ2n) is 6.97. The van der Waals surface area contributed by atoms with Crippen molar-refractivity contribution in [2.75, 3.05) is 13.7 Å². The highest BCUT2D eigenvalue weighted by atomic mass is 79.9. The smallest absolute Gasteiger partial charge is 0.271 e. The van der Waals surface area contributed by atoms with Gasteiger partial charge in [0.15, 0.2) is 3.92 Å². The fraction of sp³-hybridized carbons (Fsp3) is 0.300. The molecule has 4 rings (SSSR count). The van der Waals surface area contributed by atoms with Gasteiger partial charge in [-0.25, -0.2) is 4.98 Å². The van der Waals surface area contributed by atoms with Crippen LogP contribution in [0, 0.1) is 0 Å². The number of methoxy groups -OCH3 is 1. The molecule has 30 heavy (non-hydrogen) atoms. The van der Waals surface area contributed by atoms with Crippen molar-refractivity contribution in [3.05, 3.63) is 62.3 Å². The lowest BCUT2D eigenvalue weighted by Crippen LogP contribution is -2.38. The first-order valence-corrected chi connectivity index (χ1v) is 11.1. The first kappa shape index (κ1) is 20.5. The number of amides is 2. The van der Waals surface area contributed by atoms with Gasteiger partial charge in [-0.3, -0.25) is 14.7 Å². The zero-order chi connectivity index (χ0) is 21.1. The summed E-state index contributed by atoms with van der Waals surface area (Å²) in [5.74, 6) is 0.510. The second kappa shape index (κ2) is 8.97. The van der Waals surface area contributed by atoms with Crippen LogP contribution in [0.4, 0.5) is 0 Å². The summed E-state index contributed by atoms with van der Waals surface area (Å²) in [6.07, 6.45) is 3.68. The molecule has 0 aliphatic heterocycles. The highest BCUT2D eigenvalue weighted by Gasteiger charge is 2.30. The number of carbonyl (C=O) groups is 2. The molecular formula is C20H20BrN5O3S. The van der Waals surface area contributed by atoms with Crippen LogP contribution in [-0.2, 0) is 0 Å². The Labute approximate surface area is 185 Å². The normalized spacial score (nSPS) is 14.2. The molecule has 2 amide bonds. The fourth-order valence-corrected chi connectivity index (χ4v) is 4.14. The zero-order valence-corrected chi connectivity index (χ0v) is 18.5. The fourth-order valence-electron chi connectivity index (χ4n) is 3.15. The summed E-state index contributed by atoms with van der Waals surface area (Å²) in [4.78, 5) is 29.6. The van der Waals surface area contributed by atoms with E-state index in [1.807, 2.05) is 24.3 Å². The number of thiazole rings is 1. The molecule has 3 N–H and O–H groups in total. The van der Waals surface area contributed by atoms with Crippen LogP contribution in [0.1, 0.15) is 56.9 Å². The number of rotatable bonds is 8. The molecule has 1 aliphatic rings. The minimum absolute atomic E-state index is 0.207. The molecule has 1 unspecified atom stereocenters. The van der Waals surface area contributed by atoms with Crippen molar-refractivity contribution in [1.29, 1.82) is 0 Å². The van der Waals surface area contributed by atoms with E-state index < -0.39 is 6.04 Å². The van der Waals surface area contributed by atoms with E-state index in [0.29, 0.717) is 26.8 Å². The van der Waals surface area contributed by atoms with E-state index in [0.717, 1.165) is 24.1 Å². The van der Waals surface area contributed by atoms with Gasteiger partial charge in [-0.2, -0.15) is 5.10 Å². The van der Waals surface area contributed by atoms with Crippen molar-refractivity contribution in [2.24, 2.45) is 0 Å². The Morgan fingerprint density at radius 2 is 2.20 bits per heavy atom. The lowest BCUT2D eigenvalue weighted by Gasteiger charge is -2.20. The maximum Gasteiger partial charge on any atom is 0.271 e. The van der Waals surface area contributed by atoms with Gasteiger partial charge in [0.1, 0.15) is 11.4 Å². The third-order valence-electron chi connectivity index (χ3n) is 4.88. The summed E-state index contributed by atoms with van der Waals surface area (Å²) >= 11 is 4.60. The Morgan fingerprint density at radius 3 is 2.90 bits per heavy atom. The monoisotopic (exact) mass is 489 g/mol. The molecule has 3 aromatic rings. The van der Waals surface area contributed by atoms with Crippen molar-refractivity contribution in [3.8, 4) is 5.75 Å². The van der Waals surface area contributed by atoms with Crippen LogP contribution in [0.2, 0.25) is 0 Å². The van der Waals surface area contributed by atoms with E-state index in [9.17, 15) is 9.59 Å². The molecule has 156 valence electrons. The maximum atomic E-state index is 12.8. The molecular weight excluding hydrogens is 470 g/mol. The third kappa shape index (κ3) is 4.71. The number of H-pyrrole nitrogens is 1. The van der Waals surface area contributed by atoms with Crippen molar-refractivity contribution in [2.45, 2.75) is 24.8 Å². The zero-order valence-electron chi connectivity index (χ0n) is 16.1. The van der Waals surface area contributed by atoms with Gasteiger partial charge in [0, 0.05) is 17.8 Å². The van der Waals surface area contributed by atoms with Gasteiger partial charge in [0.25, 0.3) is 11.8 Å². The predicted octanol–water partition coefficient (Wildman–Crippen LogP) is 3.42. The van der Waals surface area contributed by atoms with E-state index in [2.05, 4.69) is 41.7 Å². The highest BCUT2D eigenvalue weighted by Crippen LogP contribution is 2.40. The van der Waals surface area contributed by atoms with Crippen LogP contribution in [0.25, 0.3) is 0 Å². The summed E-state index contributed by atoms with van der Waals surface area (Å²) in [6.45, 7) is 0.207. The van der Waals surface area contributed by atoms with Gasteiger partial charge in [0.05, 0.1) is 30.6 Å². The van der Waals surface area contributed by atoms with Gasteiger partial charge >= 0.3 is 0 Å². The summed E-state index contributed by atoms with van der Waals surface area (Å²) < 4.78 is 5.93. The van der Waals surface area contributed by atoms with Crippen LogP contribution in [0.3, 0.4) is 0 Å². The lowest BCUT2D eigenvalue weighted by atomic mass is 10.1. The topological polar surface area (TPSA) is 109 Å². The van der Waals surface area contributed by atoms with Crippen molar-refractivity contribution in [1.82, 2.24) is 25.8 Å². The number of hydrogen-bond donors (Lipinski definition) is 3. The number of carbonyl (C=O) groups excluding carboxylic acids is 2. The minimum Gasteiger partial charge on any atom is -0.497 e. The molecule has 2 aromatic heterocycles. The SMILES string of the molecule is COc1cccc(C(CNC(=O)c2cn[nH]c2C2CC2)NC(=O)c2csc(Br)n2)c1. The Balaban J connectivity index is 1.51. The molecule has 1 aromatic carbocycles.